The molecule has 6 heteroatoms. The van der Waals surface area contributed by atoms with Gasteiger partial charge in [-0.3, -0.25) is 4.79 Å². The standard InChI is InChI=1S/C16H19N5O/c22-15(19-14-5-2-1-3-6-14)13-20-9-11-21(12-10-20)16-17-7-4-8-18-16/h1-8H,9-13H2,(H,19,22)/p+1. The zero-order valence-electron chi connectivity index (χ0n) is 12.4. The Labute approximate surface area is 129 Å². The molecule has 1 aliphatic heterocycles. The number of carbonyl (C=O) groups excluding carboxylic acids is 1. The first-order valence-electron chi connectivity index (χ1n) is 7.52. The van der Waals surface area contributed by atoms with E-state index in [1.165, 1.54) is 4.90 Å². The van der Waals surface area contributed by atoms with E-state index in [9.17, 15) is 4.79 Å². The first kappa shape index (κ1) is 14.5. The van der Waals surface area contributed by atoms with Crippen molar-refractivity contribution < 1.29 is 9.69 Å². The number of hydrogen-bond donors (Lipinski definition) is 2. The summed E-state index contributed by atoms with van der Waals surface area (Å²) in [6, 6.07) is 11.4. The molecule has 1 aliphatic rings. The van der Waals surface area contributed by atoms with Crippen molar-refractivity contribution in [1.82, 2.24) is 9.97 Å². The molecule has 3 rings (SSSR count). The van der Waals surface area contributed by atoms with Gasteiger partial charge in [-0.2, -0.15) is 0 Å². The maximum Gasteiger partial charge on any atom is 0.279 e. The number of quaternary nitrogens is 1. The van der Waals surface area contributed by atoms with Crippen LogP contribution < -0.4 is 15.1 Å². The minimum Gasteiger partial charge on any atom is -0.330 e. The summed E-state index contributed by atoms with van der Waals surface area (Å²) in [6.45, 7) is 4.08. The quantitative estimate of drug-likeness (QED) is 0.822. The maximum absolute atomic E-state index is 12.1. The van der Waals surface area contributed by atoms with Gasteiger partial charge in [0.2, 0.25) is 5.95 Å². The zero-order chi connectivity index (χ0) is 15.2. The van der Waals surface area contributed by atoms with E-state index < -0.39 is 0 Å². The minimum absolute atomic E-state index is 0.0608. The van der Waals surface area contributed by atoms with Crippen LogP contribution in [-0.2, 0) is 4.79 Å². The Hall–Kier alpha value is -2.47. The zero-order valence-corrected chi connectivity index (χ0v) is 12.4. The molecule has 2 aromatic rings. The number of nitrogens with zero attached hydrogens (tertiary/aromatic N) is 3. The second kappa shape index (κ2) is 7.00. The summed E-state index contributed by atoms with van der Waals surface area (Å²) in [4.78, 5) is 24.1. The van der Waals surface area contributed by atoms with Gasteiger partial charge < -0.3 is 15.1 Å². The number of aromatic nitrogens is 2. The summed E-state index contributed by atoms with van der Waals surface area (Å²) in [5.41, 5.74) is 0.850. The fraction of sp³-hybridized carbons (Fsp3) is 0.312. The second-order valence-electron chi connectivity index (χ2n) is 5.38. The fourth-order valence-corrected chi connectivity index (χ4v) is 2.61. The molecule has 1 amide bonds. The average molecular weight is 298 g/mol. The van der Waals surface area contributed by atoms with Crippen LogP contribution in [0.1, 0.15) is 0 Å². The number of amides is 1. The molecule has 2 heterocycles. The van der Waals surface area contributed by atoms with Crippen molar-refractivity contribution in [3.63, 3.8) is 0 Å². The van der Waals surface area contributed by atoms with Crippen molar-refractivity contribution >= 4 is 17.5 Å². The highest BCUT2D eigenvalue weighted by Crippen LogP contribution is 2.05. The van der Waals surface area contributed by atoms with Crippen LogP contribution in [0.15, 0.2) is 48.8 Å². The van der Waals surface area contributed by atoms with Gasteiger partial charge in [-0.05, 0) is 18.2 Å². The summed E-state index contributed by atoms with van der Waals surface area (Å²) in [5.74, 6) is 0.834. The third-order valence-electron chi connectivity index (χ3n) is 3.77. The Morgan fingerprint density at radius 1 is 1.09 bits per heavy atom. The van der Waals surface area contributed by atoms with E-state index in [1.54, 1.807) is 12.4 Å². The molecule has 6 nitrogen and oxygen atoms in total. The first-order valence-corrected chi connectivity index (χ1v) is 7.52. The highest BCUT2D eigenvalue weighted by Gasteiger charge is 2.23. The molecule has 1 fully saturated rings. The number of para-hydroxylation sites is 1. The van der Waals surface area contributed by atoms with E-state index >= 15 is 0 Å². The van der Waals surface area contributed by atoms with E-state index in [0.717, 1.165) is 37.8 Å². The van der Waals surface area contributed by atoms with Crippen molar-refractivity contribution in [2.45, 2.75) is 0 Å². The Kier molecular flexibility index (Phi) is 4.60. The Balaban J connectivity index is 1.47. The molecule has 0 radical (unpaired) electrons. The summed E-state index contributed by atoms with van der Waals surface area (Å²) in [6.07, 6.45) is 3.52. The van der Waals surface area contributed by atoms with Crippen LogP contribution in [0.4, 0.5) is 11.6 Å². The molecule has 0 aliphatic carbocycles. The second-order valence-corrected chi connectivity index (χ2v) is 5.38. The van der Waals surface area contributed by atoms with Gasteiger partial charge in [0.1, 0.15) is 0 Å². The van der Waals surface area contributed by atoms with Gasteiger partial charge in [-0.15, -0.1) is 0 Å². The Morgan fingerprint density at radius 3 is 2.45 bits per heavy atom. The highest BCUT2D eigenvalue weighted by molar-refractivity contribution is 5.91. The third kappa shape index (κ3) is 3.79. The van der Waals surface area contributed by atoms with E-state index in [0.29, 0.717) is 6.54 Å². The number of rotatable bonds is 4. The summed E-state index contributed by atoms with van der Waals surface area (Å²) < 4.78 is 0. The van der Waals surface area contributed by atoms with Crippen LogP contribution in [0.25, 0.3) is 0 Å². The van der Waals surface area contributed by atoms with Crippen molar-refractivity contribution in [3.8, 4) is 0 Å². The number of piperazine rings is 1. The van der Waals surface area contributed by atoms with Gasteiger partial charge in [0.15, 0.2) is 6.54 Å². The third-order valence-corrected chi connectivity index (χ3v) is 3.77. The fourth-order valence-electron chi connectivity index (χ4n) is 2.61. The Morgan fingerprint density at radius 2 is 1.77 bits per heavy atom. The van der Waals surface area contributed by atoms with Gasteiger partial charge in [-0.25, -0.2) is 9.97 Å². The van der Waals surface area contributed by atoms with E-state index in [1.807, 2.05) is 36.4 Å². The lowest BCUT2D eigenvalue weighted by molar-refractivity contribution is -0.892. The molecular weight excluding hydrogens is 278 g/mol. The summed E-state index contributed by atoms with van der Waals surface area (Å²) in [7, 11) is 0. The molecule has 0 spiro atoms. The monoisotopic (exact) mass is 298 g/mol. The number of benzene rings is 1. The van der Waals surface area contributed by atoms with Crippen LogP contribution in [0.2, 0.25) is 0 Å². The van der Waals surface area contributed by atoms with Gasteiger partial charge in [0.05, 0.1) is 26.2 Å². The molecule has 22 heavy (non-hydrogen) atoms. The molecule has 0 unspecified atom stereocenters. The SMILES string of the molecule is O=C(C[NH+]1CCN(c2ncccn2)CC1)Nc1ccccc1. The summed E-state index contributed by atoms with van der Waals surface area (Å²) >= 11 is 0. The minimum atomic E-state index is 0.0608. The highest BCUT2D eigenvalue weighted by atomic mass is 16.2. The van der Waals surface area contributed by atoms with E-state index in [-0.39, 0.29) is 5.91 Å². The smallest absolute Gasteiger partial charge is 0.279 e. The molecule has 114 valence electrons. The first-order chi connectivity index (χ1) is 10.8. The molecule has 1 aromatic heterocycles. The number of carbonyl (C=O) groups is 1. The van der Waals surface area contributed by atoms with Crippen LogP contribution in [-0.4, -0.2) is 48.6 Å². The van der Waals surface area contributed by atoms with E-state index in [2.05, 4.69) is 20.2 Å². The average Bonchev–Trinajstić information content (AvgIpc) is 2.57. The van der Waals surface area contributed by atoms with Gasteiger partial charge in [0, 0.05) is 18.1 Å². The van der Waals surface area contributed by atoms with Gasteiger partial charge in [0.25, 0.3) is 5.91 Å². The molecular formula is C16H20N5O+. The number of anilines is 2. The normalized spacial score (nSPS) is 15.5. The number of nitrogens with one attached hydrogen (secondary N) is 2. The van der Waals surface area contributed by atoms with Gasteiger partial charge in [-0.1, -0.05) is 18.2 Å². The molecule has 2 N–H and O–H groups in total. The van der Waals surface area contributed by atoms with Crippen LogP contribution in [0, 0.1) is 0 Å². The molecule has 0 saturated carbocycles. The lowest BCUT2D eigenvalue weighted by atomic mass is 10.3. The van der Waals surface area contributed by atoms with Crippen molar-refractivity contribution in [3.05, 3.63) is 48.8 Å². The summed E-state index contributed by atoms with van der Waals surface area (Å²) in [5, 5.41) is 2.93. The molecule has 1 saturated heterocycles. The largest absolute Gasteiger partial charge is 0.330 e. The van der Waals surface area contributed by atoms with Gasteiger partial charge >= 0.3 is 0 Å². The lowest BCUT2D eigenvalue weighted by Gasteiger charge is -2.31. The topological polar surface area (TPSA) is 62.6 Å². The van der Waals surface area contributed by atoms with Crippen LogP contribution in [0.3, 0.4) is 0 Å². The van der Waals surface area contributed by atoms with Crippen LogP contribution in [0.5, 0.6) is 0 Å². The predicted octanol–water partition coefficient (Wildman–Crippen LogP) is -0.180. The van der Waals surface area contributed by atoms with E-state index in [4.69, 9.17) is 0 Å². The van der Waals surface area contributed by atoms with Crippen molar-refractivity contribution in [2.24, 2.45) is 0 Å². The lowest BCUT2D eigenvalue weighted by Crippen LogP contribution is -3.15. The molecule has 0 bridgehead atoms. The Bertz CT molecular complexity index is 596. The van der Waals surface area contributed by atoms with Crippen LogP contribution >= 0.6 is 0 Å². The van der Waals surface area contributed by atoms with Crippen molar-refractivity contribution in [2.75, 3.05) is 42.9 Å². The predicted molar refractivity (Wildman–Crippen MR) is 84.9 cm³/mol. The maximum atomic E-state index is 12.1. The molecule has 0 atom stereocenters. The van der Waals surface area contributed by atoms with Crippen molar-refractivity contribution in [1.29, 1.82) is 0 Å². The number of hydrogen-bond acceptors (Lipinski definition) is 4. The molecule has 1 aromatic carbocycles.